The van der Waals surface area contributed by atoms with Crippen molar-refractivity contribution in [3.8, 4) is 0 Å². The van der Waals surface area contributed by atoms with Crippen molar-refractivity contribution in [3.05, 3.63) is 71.8 Å². The van der Waals surface area contributed by atoms with Crippen molar-refractivity contribution in [1.82, 2.24) is 4.90 Å². The minimum absolute atomic E-state index is 0.192. The molecular formula is C20H21NO4. The van der Waals surface area contributed by atoms with Gasteiger partial charge in [0.1, 0.15) is 6.04 Å². The Bertz CT molecular complexity index is 732. The number of amides is 1. The van der Waals surface area contributed by atoms with Crippen molar-refractivity contribution >= 4 is 11.9 Å². The van der Waals surface area contributed by atoms with Gasteiger partial charge in [0.15, 0.2) is 6.10 Å². The highest BCUT2D eigenvalue weighted by molar-refractivity contribution is 5.93. The summed E-state index contributed by atoms with van der Waals surface area (Å²) in [5.41, 5.74) is 1.94. The summed E-state index contributed by atoms with van der Waals surface area (Å²) >= 11 is 0. The van der Waals surface area contributed by atoms with Crippen molar-refractivity contribution in [3.63, 3.8) is 0 Å². The van der Waals surface area contributed by atoms with E-state index in [1.807, 2.05) is 60.7 Å². The monoisotopic (exact) mass is 339 g/mol. The number of carbonyl (C=O) groups is 2. The van der Waals surface area contributed by atoms with E-state index in [0.29, 0.717) is 6.61 Å². The van der Waals surface area contributed by atoms with Gasteiger partial charge in [-0.05, 0) is 18.1 Å². The first kappa shape index (κ1) is 17.2. The Morgan fingerprint density at radius 1 is 1.08 bits per heavy atom. The molecule has 1 heterocycles. The maximum atomic E-state index is 12.6. The van der Waals surface area contributed by atoms with Gasteiger partial charge in [-0.2, -0.15) is 0 Å². The predicted octanol–water partition coefficient (Wildman–Crippen LogP) is 2.72. The molecule has 0 saturated carbocycles. The van der Waals surface area contributed by atoms with Crippen LogP contribution in [0.5, 0.6) is 0 Å². The minimum atomic E-state index is -0.653. The van der Waals surface area contributed by atoms with Crippen molar-refractivity contribution in [2.75, 3.05) is 7.11 Å². The second-order valence-corrected chi connectivity index (χ2v) is 6.02. The van der Waals surface area contributed by atoms with Crippen LogP contribution in [0.4, 0.5) is 0 Å². The molecule has 0 bridgehead atoms. The number of methoxy groups -OCH3 is 1. The van der Waals surface area contributed by atoms with Crippen molar-refractivity contribution < 1.29 is 19.1 Å². The average Bonchev–Trinajstić information content (AvgIpc) is 2.66. The number of carbonyl (C=O) groups excluding carboxylic acids is 2. The molecule has 5 nitrogen and oxygen atoms in total. The highest BCUT2D eigenvalue weighted by atomic mass is 16.5. The zero-order valence-electron chi connectivity index (χ0n) is 14.3. The Labute approximate surface area is 147 Å². The van der Waals surface area contributed by atoms with Gasteiger partial charge < -0.3 is 14.4 Å². The fourth-order valence-corrected chi connectivity index (χ4v) is 3.11. The second kappa shape index (κ2) is 7.49. The standard InChI is InChI=1S/C20H21NO4/c1-14(20(23)24-2)21-17(16-11-7-4-8-12-16)18(19(21)22)25-13-15-9-5-3-6-10-15/h3-12,14,17-18H,13H2,1-2H3. The van der Waals surface area contributed by atoms with Crippen LogP contribution in [0.25, 0.3) is 0 Å². The van der Waals surface area contributed by atoms with Crippen LogP contribution < -0.4 is 0 Å². The summed E-state index contributed by atoms with van der Waals surface area (Å²) in [6, 6.07) is 18.4. The van der Waals surface area contributed by atoms with Gasteiger partial charge >= 0.3 is 5.97 Å². The number of hydrogen-bond donors (Lipinski definition) is 0. The molecule has 0 aromatic heterocycles. The summed E-state index contributed by atoms with van der Waals surface area (Å²) in [6.45, 7) is 2.02. The van der Waals surface area contributed by atoms with Crippen molar-refractivity contribution in [2.24, 2.45) is 0 Å². The Morgan fingerprint density at radius 3 is 2.28 bits per heavy atom. The van der Waals surface area contributed by atoms with Gasteiger partial charge in [0.25, 0.3) is 5.91 Å². The molecule has 5 heteroatoms. The Kier molecular flexibility index (Phi) is 5.14. The van der Waals surface area contributed by atoms with Crippen LogP contribution in [0.3, 0.4) is 0 Å². The zero-order chi connectivity index (χ0) is 17.8. The second-order valence-electron chi connectivity index (χ2n) is 6.02. The summed E-state index contributed by atoms with van der Waals surface area (Å²) in [5.74, 6) is -0.626. The first-order chi connectivity index (χ1) is 12.1. The molecule has 25 heavy (non-hydrogen) atoms. The molecule has 130 valence electrons. The third-order valence-electron chi connectivity index (χ3n) is 4.46. The van der Waals surface area contributed by atoms with Gasteiger partial charge in [-0.3, -0.25) is 4.79 Å². The van der Waals surface area contributed by atoms with Gasteiger partial charge in [-0.25, -0.2) is 4.79 Å². The number of ether oxygens (including phenoxy) is 2. The molecule has 3 rings (SSSR count). The Morgan fingerprint density at radius 2 is 1.68 bits per heavy atom. The molecule has 1 amide bonds. The number of hydrogen-bond acceptors (Lipinski definition) is 4. The van der Waals surface area contributed by atoms with E-state index in [9.17, 15) is 9.59 Å². The smallest absolute Gasteiger partial charge is 0.328 e. The molecule has 0 aliphatic carbocycles. The fourth-order valence-electron chi connectivity index (χ4n) is 3.11. The van der Waals surface area contributed by atoms with Crippen LogP contribution in [0.1, 0.15) is 24.1 Å². The van der Waals surface area contributed by atoms with E-state index in [4.69, 9.17) is 9.47 Å². The number of likely N-dealkylation sites (tertiary alicyclic amines) is 1. The molecule has 3 unspecified atom stereocenters. The SMILES string of the molecule is COC(=O)C(C)N1C(=O)C(OCc2ccccc2)C1c1ccccc1. The lowest BCUT2D eigenvalue weighted by Gasteiger charge is -2.49. The van der Waals surface area contributed by atoms with Gasteiger partial charge in [-0.15, -0.1) is 0 Å². The predicted molar refractivity (Wildman–Crippen MR) is 92.5 cm³/mol. The first-order valence-electron chi connectivity index (χ1n) is 8.24. The lowest BCUT2D eigenvalue weighted by Crippen LogP contribution is -2.64. The third kappa shape index (κ3) is 3.42. The normalized spacial score (nSPS) is 20.7. The van der Waals surface area contributed by atoms with Crippen LogP contribution in [0.2, 0.25) is 0 Å². The van der Waals surface area contributed by atoms with Gasteiger partial charge in [0.2, 0.25) is 0 Å². The highest BCUT2D eigenvalue weighted by Gasteiger charge is 2.52. The molecule has 1 aliphatic rings. The van der Waals surface area contributed by atoms with Crippen molar-refractivity contribution in [1.29, 1.82) is 0 Å². The molecule has 1 fully saturated rings. The van der Waals surface area contributed by atoms with E-state index < -0.39 is 18.1 Å². The molecule has 0 N–H and O–H groups in total. The molecule has 1 saturated heterocycles. The lowest BCUT2D eigenvalue weighted by molar-refractivity contribution is -0.187. The molecule has 0 spiro atoms. The third-order valence-corrected chi connectivity index (χ3v) is 4.46. The van der Waals surface area contributed by atoms with Crippen LogP contribution in [-0.4, -0.2) is 36.0 Å². The largest absolute Gasteiger partial charge is 0.467 e. The van der Waals surface area contributed by atoms with Crippen LogP contribution in [0, 0.1) is 0 Å². The molecule has 3 atom stereocenters. The van der Waals surface area contributed by atoms with Crippen LogP contribution >= 0.6 is 0 Å². The van der Waals surface area contributed by atoms with Gasteiger partial charge in [0.05, 0.1) is 19.8 Å². The summed E-state index contributed by atoms with van der Waals surface area (Å²) in [4.78, 5) is 26.1. The van der Waals surface area contributed by atoms with Crippen LogP contribution in [0.15, 0.2) is 60.7 Å². The summed E-state index contributed by atoms with van der Waals surface area (Å²) in [7, 11) is 1.32. The summed E-state index contributed by atoms with van der Waals surface area (Å²) < 4.78 is 10.7. The molecular weight excluding hydrogens is 318 g/mol. The Balaban J connectivity index is 1.80. The van der Waals surface area contributed by atoms with Gasteiger partial charge in [-0.1, -0.05) is 60.7 Å². The maximum absolute atomic E-state index is 12.6. The lowest BCUT2D eigenvalue weighted by atomic mass is 9.88. The highest BCUT2D eigenvalue weighted by Crippen LogP contribution is 2.39. The number of benzene rings is 2. The summed E-state index contributed by atoms with van der Waals surface area (Å²) in [5, 5.41) is 0. The topological polar surface area (TPSA) is 55.8 Å². The zero-order valence-corrected chi connectivity index (χ0v) is 14.3. The van der Waals surface area contributed by atoms with Crippen molar-refractivity contribution in [2.45, 2.75) is 31.7 Å². The first-order valence-corrected chi connectivity index (χ1v) is 8.24. The van der Waals surface area contributed by atoms with E-state index >= 15 is 0 Å². The maximum Gasteiger partial charge on any atom is 0.328 e. The van der Waals surface area contributed by atoms with E-state index in [1.54, 1.807) is 6.92 Å². The Hall–Kier alpha value is -2.66. The van der Waals surface area contributed by atoms with E-state index in [2.05, 4.69) is 0 Å². The minimum Gasteiger partial charge on any atom is -0.467 e. The van der Waals surface area contributed by atoms with E-state index in [0.717, 1.165) is 11.1 Å². The molecule has 0 radical (unpaired) electrons. The number of rotatable bonds is 6. The van der Waals surface area contributed by atoms with Crippen LogP contribution in [-0.2, 0) is 25.7 Å². The molecule has 2 aromatic rings. The van der Waals surface area contributed by atoms with E-state index in [1.165, 1.54) is 12.0 Å². The average molecular weight is 339 g/mol. The van der Waals surface area contributed by atoms with E-state index in [-0.39, 0.29) is 11.9 Å². The molecule has 2 aromatic carbocycles. The molecule has 1 aliphatic heterocycles. The van der Waals surface area contributed by atoms with Gasteiger partial charge in [0, 0.05) is 0 Å². The number of β-lactam (4-membered cyclic amide) rings is 1. The number of esters is 1. The fraction of sp³-hybridized carbons (Fsp3) is 0.300. The summed E-state index contributed by atoms with van der Waals surface area (Å²) in [6.07, 6.45) is -0.602. The quantitative estimate of drug-likeness (QED) is 0.600. The number of nitrogens with zero attached hydrogens (tertiary/aromatic N) is 1.